The number of anilines is 2. The van der Waals surface area contributed by atoms with Crippen LogP contribution in [0.5, 0.6) is 0 Å². The Morgan fingerprint density at radius 3 is 2.34 bits per heavy atom. The third-order valence-electron chi connectivity index (χ3n) is 4.32. The molecule has 2 N–H and O–H groups in total. The molecule has 0 radical (unpaired) electrons. The Kier molecular flexibility index (Phi) is 6.78. The van der Waals surface area contributed by atoms with Crippen LogP contribution in [0, 0.1) is 5.82 Å². The number of alkyl halides is 3. The fourth-order valence-electron chi connectivity index (χ4n) is 2.78. The second-order valence-electron chi connectivity index (χ2n) is 6.70. The van der Waals surface area contributed by atoms with Crippen LogP contribution in [0.1, 0.15) is 18.4 Å². The fourth-order valence-corrected chi connectivity index (χ4v) is 3.01. The van der Waals surface area contributed by atoms with Crippen LogP contribution in [-0.4, -0.2) is 35.0 Å². The van der Waals surface area contributed by atoms with E-state index in [0.29, 0.717) is 11.8 Å². The smallest absolute Gasteiger partial charge is 0.324 e. The first-order valence-corrected chi connectivity index (χ1v) is 9.52. The summed E-state index contributed by atoms with van der Waals surface area (Å²) < 4.78 is 51.9. The molecule has 3 amide bonds. The van der Waals surface area contributed by atoms with Gasteiger partial charge in [-0.2, -0.15) is 18.3 Å². The molecule has 3 rings (SSSR count). The van der Waals surface area contributed by atoms with Gasteiger partial charge in [-0.25, -0.2) is 9.40 Å². The Morgan fingerprint density at radius 1 is 1.03 bits per heavy atom. The van der Waals surface area contributed by atoms with E-state index in [1.165, 1.54) is 18.2 Å². The van der Waals surface area contributed by atoms with Gasteiger partial charge in [-0.05, 0) is 42.5 Å². The van der Waals surface area contributed by atoms with E-state index in [9.17, 15) is 31.9 Å². The van der Waals surface area contributed by atoms with Crippen LogP contribution >= 0.6 is 11.6 Å². The average Bonchev–Trinajstić information content (AvgIpc) is 2.72. The lowest BCUT2D eigenvalue weighted by Crippen LogP contribution is -2.40. The molecule has 0 aliphatic carbocycles. The number of carbonyl (C=O) groups is 3. The highest BCUT2D eigenvalue weighted by Gasteiger charge is 2.33. The van der Waals surface area contributed by atoms with E-state index in [0.717, 1.165) is 23.2 Å². The third-order valence-corrected chi connectivity index (χ3v) is 4.65. The molecule has 0 unspecified atom stereocenters. The van der Waals surface area contributed by atoms with E-state index in [1.807, 2.05) is 0 Å². The molecule has 0 atom stereocenters. The highest BCUT2D eigenvalue weighted by molar-refractivity contribution is 6.43. The molecular formula is C20H15ClF4N4O3. The van der Waals surface area contributed by atoms with Crippen molar-refractivity contribution in [2.45, 2.75) is 19.0 Å². The standard InChI is InChI=1S/C20H15ClF4N4O3/c21-15-6-5-13(9-14(15)20(23,24)25)26-17(30)10-29-18(31)8-7-16(28-29)19(32)27-12-3-1-11(22)2-4-12/h1-6,9H,7-8,10H2,(H,26,30)(H,27,32). The van der Waals surface area contributed by atoms with E-state index >= 15 is 0 Å². The minimum Gasteiger partial charge on any atom is -0.324 e. The third kappa shape index (κ3) is 5.82. The molecule has 2 aromatic carbocycles. The summed E-state index contributed by atoms with van der Waals surface area (Å²) in [5.74, 6) is -2.48. The molecule has 0 spiro atoms. The molecule has 0 saturated heterocycles. The molecule has 0 bridgehead atoms. The zero-order chi connectivity index (χ0) is 23.5. The second kappa shape index (κ2) is 9.35. The summed E-state index contributed by atoms with van der Waals surface area (Å²) in [6, 6.07) is 7.82. The lowest BCUT2D eigenvalue weighted by Gasteiger charge is -2.22. The van der Waals surface area contributed by atoms with Gasteiger partial charge in [0.25, 0.3) is 5.91 Å². The average molecular weight is 471 g/mol. The number of rotatable bonds is 5. The minimum atomic E-state index is -4.71. The maximum atomic E-state index is 13.0. The molecule has 7 nitrogen and oxygen atoms in total. The maximum absolute atomic E-state index is 13.0. The number of carbonyl (C=O) groups excluding carboxylic acids is 3. The van der Waals surface area contributed by atoms with Gasteiger partial charge < -0.3 is 10.6 Å². The lowest BCUT2D eigenvalue weighted by atomic mass is 10.1. The molecule has 0 saturated carbocycles. The Bertz CT molecular complexity index is 1090. The number of nitrogens with zero attached hydrogens (tertiary/aromatic N) is 2. The minimum absolute atomic E-state index is 0.0239. The van der Waals surface area contributed by atoms with Gasteiger partial charge in [0.1, 0.15) is 18.1 Å². The Labute approximate surface area is 184 Å². The number of benzene rings is 2. The van der Waals surface area contributed by atoms with Crippen molar-refractivity contribution in [3.63, 3.8) is 0 Å². The number of nitrogens with one attached hydrogen (secondary N) is 2. The van der Waals surface area contributed by atoms with Crippen LogP contribution in [0.2, 0.25) is 5.02 Å². The summed E-state index contributed by atoms with van der Waals surface area (Å²) in [5.41, 5.74) is -1.02. The summed E-state index contributed by atoms with van der Waals surface area (Å²) in [4.78, 5) is 36.7. The van der Waals surface area contributed by atoms with Crippen molar-refractivity contribution in [3.05, 3.63) is 58.9 Å². The molecule has 1 heterocycles. The predicted molar refractivity (Wildman–Crippen MR) is 108 cm³/mol. The summed E-state index contributed by atoms with van der Waals surface area (Å²) in [6.07, 6.45) is -4.78. The number of hydrogen-bond donors (Lipinski definition) is 2. The monoisotopic (exact) mass is 470 g/mol. The van der Waals surface area contributed by atoms with Crippen LogP contribution < -0.4 is 10.6 Å². The Morgan fingerprint density at radius 2 is 1.69 bits per heavy atom. The summed E-state index contributed by atoms with van der Waals surface area (Å²) in [5, 5.41) is 8.86. The van der Waals surface area contributed by atoms with Gasteiger partial charge in [0, 0.05) is 24.2 Å². The van der Waals surface area contributed by atoms with Crippen molar-refractivity contribution in [2.75, 3.05) is 17.2 Å². The first-order valence-electron chi connectivity index (χ1n) is 9.14. The molecule has 0 fully saturated rings. The van der Waals surface area contributed by atoms with Crippen molar-refractivity contribution < 1.29 is 31.9 Å². The summed E-state index contributed by atoms with van der Waals surface area (Å²) in [7, 11) is 0. The van der Waals surface area contributed by atoms with E-state index in [-0.39, 0.29) is 24.2 Å². The number of amides is 3. The van der Waals surface area contributed by atoms with Gasteiger partial charge in [0.2, 0.25) is 11.8 Å². The highest BCUT2D eigenvalue weighted by Crippen LogP contribution is 2.36. The van der Waals surface area contributed by atoms with Gasteiger partial charge in [0.05, 0.1) is 10.6 Å². The normalized spacial score (nSPS) is 14.1. The Hall–Kier alpha value is -3.47. The van der Waals surface area contributed by atoms with Crippen molar-refractivity contribution >= 4 is 46.4 Å². The zero-order valence-electron chi connectivity index (χ0n) is 16.2. The first kappa shape index (κ1) is 23.2. The predicted octanol–water partition coefficient (Wildman–Crippen LogP) is 4.05. The number of halogens is 5. The molecular weight excluding hydrogens is 456 g/mol. The molecule has 0 aromatic heterocycles. The van der Waals surface area contributed by atoms with Crippen molar-refractivity contribution in [3.8, 4) is 0 Å². The quantitative estimate of drug-likeness (QED) is 0.646. The van der Waals surface area contributed by atoms with Gasteiger partial charge >= 0.3 is 6.18 Å². The van der Waals surface area contributed by atoms with Crippen LogP contribution in [0.15, 0.2) is 47.6 Å². The van der Waals surface area contributed by atoms with Crippen molar-refractivity contribution in [1.82, 2.24) is 5.01 Å². The first-order chi connectivity index (χ1) is 15.0. The number of hydrazone groups is 1. The molecule has 32 heavy (non-hydrogen) atoms. The van der Waals surface area contributed by atoms with Crippen molar-refractivity contribution in [2.24, 2.45) is 5.10 Å². The summed E-state index contributed by atoms with van der Waals surface area (Å²) in [6.45, 7) is -0.615. The van der Waals surface area contributed by atoms with Gasteiger partial charge in [0.15, 0.2) is 0 Å². The zero-order valence-corrected chi connectivity index (χ0v) is 16.9. The van der Waals surface area contributed by atoms with Crippen molar-refractivity contribution in [1.29, 1.82) is 0 Å². The van der Waals surface area contributed by atoms with Crippen LogP contribution in [-0.2, 0) is 20.6 Å². The largest absolute Gasteiger partial charge is 0.417 e. The maximum Gasteiger partial charge on any atom is 0.417 e. The van der Waals surface area contributed by atoms with Gasteiger partial charge in [-0.1, -0.05) is 11.6 Å². The van der Waals surface area contributed by atoms with E-state index in [1.54, 1.807) is 0 Å². The summed E-state index contributed by atoms with van der Waals surface area (Å²) >= 11 is 5.54. The molecule has 2 aromatic rings. The van der Waals surface area contributed by atoms with E-state index in [4.69, 9.17) is 11.6 Å². The van der Waals surface area contributed by atoms with Crippen LogP contribution in [0.3, 0.4) is 0 Å². The number of hydrogen-bond acceptors (Lipinski definition) is 4. The molecule has 168 valence electrons. The lowest BCUT2D eigenvalue weighted by molar-refractivity contribution is -0.137. The van der Waals surface area contributed by atoms with Gasteiger partial charge in [-0.3, -0.25) is 14.4 Å². The van der Waals surface area contributed by atoms with Crippen LogP contribution in [0.4, 0.5) is 28.9 Å². The molecule has 1 aliphatic heterocycles. The topological polar surface area (TPSA) is 90.9 Å². The SMILES string of the molecule is O=C(CN1N=C(C(=O)Nc2ccc(F)cc2)CCC1=O)Nc1ccc(Cl)c(C(F)(F)F)c1. The molecule has 12 heteroatoms. The van der Waals surface area contributed by atoms with Crippen LogP contribution in [0.25, 0.3) is 0 Å². The highest BCUT2D eigenvalue weighted by atomic mass is 35.5. The Balaban J connectivity index is 1.67. The van der Waals surface area contributed by atoms with E-state index < -0.39 is 46.8 Å². The molecule has 1 aliphatic rings. The van der Waals surface area contributed by atoms with E-state index in [2.05, 4.69) is 15.7 Å². The fraction of sp³-hybridized carbons (Fsp3) is 0.200. The van der Waals surface area contributed by atoms with Gasteiger partial charge in [-0.15, -0.1) is 0 Å². The second-order valence-corrected chi connectivity index (χ2v) is 7.11.